The van der Waals surface area contributed by atoms with Gasteiger partial charge in [0.15, 0.2) is 0 Å². The van der Waals surface area contributed by atoms with Crippen molar-refractivity contribution in [3.63, 3.8) is 0 Å². The van der Waals surface area contributed by atoms with Gasteiger partial charge >= 0.3 is 12.1 Å². The highest BCUT2D eigenvalue weighted by molar-refractivity contribution is 5.82. The number of fused-ring (bicyclic) bond motifs is 2. The van der Waals surface area contributed by atoms with Crippen molar-refractivity contribution in [3.8, 4) is 11.8 Å². The zero-order valence-corrected chi connectivity index (χ0v) is 12.7. The van der Waals surface area contributed by atoms with Crippen molar-refractivity contribution in [1.29, 1.82) is 0 Å². The van der Waals surface area contributed by atoms with E-state index in [-0.39, 0.29) is 12.0 Å². The van der Waals surface area contributed by atoms with Crippen LogP contribution in [0.25, 0.3) is 0 Å². The molecular formula is C16H19F3O3. The van der Waals surface area contributed by atoms with Crippen LogP contribution < -0.4 is 0 Å². The van der Waals surface area contributed by atoms with Crippen LogP contribution in [0.15, 0.2) is 11.6 Å². The summed E-state index contributed by atoms with van der Waals surface area (Å²) in [4.78, 5) is 10.5. The summed E-state index contributed by atoms with van der Waals surface area (Å²) < 4.78 is 38.5. The maximum Gasteiger partial charge on any atom is 0.424 e. The van der Waals surface area contributed by atoms with Gasteiger partial charge in [-0.2, -0.15) is 13.2 Å². The number of carboxylic acids is 1. The maximum atomic E-state index is 12.8. The molecule has 1 unspecified atom stereocenters. The molecule has 0 amide bonds. The average molecular weight is 316 g/mol. The number of aliphatic carboxylic acids is 1. The highest BCUT2D eigenvalue weighted by Crippen LogP contribution is 2.67. The van der Waals surface area contributed by atoms with E-state index in [9.17, 15) is 23.1 Å². The third kappa shape index (κ3) is 2.32. The van der Waals surface area contributed by atoms with E-state index in [2.05, 4.69) is 5.92 Å². The Morgan fingerprint density at radius 2 is 1.91 bits per heavy atom. The van der Waals surface area contributed by atoms with Gasteiger partial charge in [0.05, 0.1) is 0 Å². The lowest BCUT2D eigenvalue weighted by Gasteiger charge is -2.47. The molecule has 2 N–H and O–H groups in total. The molecule has 2 fully saturated rings. The van der Waals surface area contributed by atoms with Gasteiger partial charge in [-0.05, 0) is 25.2 Å². The summed E-state index contributed by atoms with van der Waals surface area (Å²) in [5.74, 6) is 2.77. The number of carbonyl (C=O) groups is 1. The zero-order valence-electron chi connectivity index (χ0n) is 12.7. The van der Waals surface area contributed by atoms with Gasteiger partial charge in [0.25, 0.3) is 0 Å². The molecule has 3 atom stereocenters. The van der Waals surface area contributed by atoms with Gasteiger partial charge in [0.1, 0.15) is 11.2 Å². The normalized spacial score (nSPS) is 36.9. The molecule has 2 aliphatic rings. The quantitative estimate of drug-likeness (QED) is 0.577. The summed E-state index contributed by atoms with van der Waals surface area (Å²) >= 11 is 0. The Labute approximate surface area is 127 Å². The Kier molecular flexibility index (Phi) is 3.65. The van der Waals surface area contributed by atoms with E-state index in [0.717, 1.165) is 12.8 Å². The second kappa shape index (κ2) is 4.76. The maximum absolute atomic E-state index is 12.8. The first-order valence-corrected chi connectivity index (χ1v) is 7.11. The van der Waals surface area contributed by atoms with Gasteiger partial charge in [0, 0.05) is 16.9 Å². The summed E-state index contributed by atoms with van der Waals surface area (Å²) in [5, 5.41) is 19.6. The number of allylic oxidation sites excluding steroid dienone is 1. The lowest BCUT2D eigenvalue weighted by atomic mass is 9.60. The van der Waals surface area contributed by atoms with Crippen molar-refractivity contribution < 1.29 is 28.2 Å². The van der Waals surface area contributed by atoms with E-state index in [0.29, 0.717) is 6.42 Å². The summed E-state index contributed by atoms with van der Waals surface area (Å²) in [7, 11) is 0. The molecule has 0 saturated heterocycles. The van der Waals surface area contributed by atoms with Gasteiger partial charge in [-0.25, -0.2) is 4.79 Å². The van der Waals surface area contributed by atoms with Crippen LogP contribution in [0.2, 0.25) is 0 Å². The van der Waals surface area contributed by atoms with E-state index in [4.69, 9.17) is 5.11 Å². The molecule has 0 aromatic rings. The van der Waals surface area contributed by atoms with Crippen LogP contribution in [0.4, 0.5) is 13.2 Å². The molecule has 2 aliphatic carbocycles. The number of rotatable bonds is 1. The first-order chi connectivity index (χ1) is 9.83. The standard InChI is InChI=1S/C16H19F3O3/c1-13(2)11-4-6-14(3,9-11)15(13,22)7-5-10(8-12(20)21)16(17,18)19/h8,11,22H,4,6,9H2,1-3H3,(H,20,21)/b10-8+/t11-,14+,15?/m1/s1. The molecule has 0 aliphatic heterocycles. The largest absolute Gasteiger partial charge is 0.478 e. The van der Waals surface area contributed by atoms with Crippen LogP contribution >= 0.6 is 0 Å². The van der Waals surface area contributed by atoms with Gasteiger partial charge in [-0.15, -0.1) is 0 Å². The molecule has 2 rings (SSSR count). The lowest BCUT2D eigenvalue weighted by Crippen LogP contribution is -2.53. The molecule has 0 aromatic heterocycles. The second-order valence-corrected chi connectivity index (χ2v) is 7.08. The molecule has 6 heteroatoms. The van der Waals surface area contributed by atoms with E-state index < -0.39 is 34.1 Å². The van der Waals surface area contributed by atoms with E-state index in [1.165, 1.54) is 0 Å². The first kappa shape index (κ1) is 16.9. The Morgan fingerprint density at radius 1 is 1.32 bits per heavy atom. The predicted molar refractivity (Wildman–Crippen MR) is 73.7 cm³/mol. The Bertz CT molecular complexity index is 587. The van der Waals surface area contributed by atoms with Crippen LogP contribution in [0.1, 0.15) is 40.0 Å². The Balaban J connectivity index is 2.47. The van der Waals surface area contributed by atoms with E-state index >= 15 is 0 Å². The topological polar surface area (TPSA) is 57.5 Å². The van der Waals surface area contributed by atoms with E-state index in [1.807, 2.05) is 26.7 Å². The van der Waals surface area contributed by atoms with Crippen molar-refractivity contribution in [3.05, 3.63) is 11.6 Å². The van der Waals surface area contributed by atoms with Gasteiger partial charge < -0.3 is 10.2 Å². The Morgan fingerprint density at radius 3 is 2.32 bits per heavy atom. The fourth-order valence-corrected chi connectivity index (χ4v) is 4.04. The average Bonchev–Trinajstić information content (AvgIpc) is 2.81. The zero-order chi connectivity index (χ0) is 17.0. The smallest absolute Gasteiger partial charge is 0.424 e. The second-order valence-electron chi connectivity index (χ2n) is 7.08. The number of hydrogen-bond acceptors (Lipinski definition) is 2. The number of alkyl halides is 3. The summed E-state index contributed by atoms with van der Waals surface area (Å²) in [6.07, 6.45) is -2.47. The molecule has 2 bridgehead atoms. The predicted octanol–water partition coefficient (Wildman–Crippen LogP) is 3.14. The minimum Gasteiger partial charge on any atom is -0.478 e. The number of carboxylic acid groups (broad SMARTS) is 1. The minimum absolute atomic E-state index is 0.0406. The van der Waals surface area contributed by atoms with Crippen molar-refractivity contribution in [2.75, 3.05) is 0 Å². The molecule has 3 nitrogen and oxygen atoms in total. The number of aliphatic hydroxyl groups is 1. The van der Waals surface area contributed by atoms with E-state index in [1.54, 1.807) is 0 Å². The fourth-order valence-electron chi connectivity index (χ4n) is 4.04. The van der Waals surface area contributed by atoms with Crippen LogP contribution in [-0.4, -0.2) is 28.0 Å². The van der Waals surface area contributed by atoms with Gasteiger partial charge in [-0.1, -0.05) is 32.6 Å². The van der Waals surface area contributed by atoms with Gasteiger partial charge in [0.2, 0.25) is 0 Å². The van der Waals surface area contributed by atoms with Crippen molar-refractivity contribution in [2.24, 2.45) is 16.7 Å². The highest BCUT2D eigenvalue weighted by atomic mass is 19.4. The van der Waals surface area contributed by atoms with Gasteiger partial charge in [-0.3, -0.25) is 0 Å². The first-order valence-electron chi connectivity index (χ1n) is 7.11. The van der Waals surface area contributed by atoms with Crippen molar-refractivity contribution in [2.45, 2.75) is 51.8 Å². The molecule has 22 heavy (non-hydrogen) atoms. The van der Waals surface area contributed by atoms with Crippen LogP contribution in [0, 0.1) is 28.6 Å². The number of hydrogen-bond donors (Lipinski definition) is 2. The molecule has 0 spiro atoms. The SMILES string of the molecule is CC1(C)[C@@H]2CC[C@@](C)(C2)C1(O)C#C/C(=C\C(=O)O)C(F)(F)F. The molecule has 0 heterocycles. The molecular weight excluding hydrogens is 297 g/mol. The fraction of sp³-hybridized carbons (Fsp3) is 0.688. The molecule has 0 aromatic carbocycles. The summed E-state index contributed by atoms with van der Waals surface area (Å²) in [6, 6.07) is 0. The monoisotopic (exact) mass is 316 g/mol. The van der Waals surface area contributed by atoms with Crippen molar-refractivity contribution in [1.82, 2.24) is 0 Å². The molecule has 2 saturated carbocycles. The summed E-state index contributed by atoms with van der Waals surface area (Å²) in [5.41, 5.74) is -4.21. The van der Waals surface area contributed by atoms with Crippen LogP contribution in [0.5, 0.6) is 0 Å². The number of halogens is 3. The third-order valence-corrected chi connectivity index (χ3v) is 5.52. The van der Waals surface area contributed by atoms with Crippen molar-refractivity contribution >= 4 is 5.97 Å². The lowest BCUT2D eigenvalue weighted by molar-refractivity contribution is -0.132. The molecule has 122 valence electrons. The summed E-state index contributed by atoms with van der Waals surface area (Å²) in [6.45, 7) is 5.46. The molecule has 0 radical (unpaired) electrons. The van der Waals surface area contributed by atoms with Crippen LogP contribution in [-0.2, 0) is 4.79 Å². The highest BCUT2D eigenvalue weighted by Gasteiger charge is 2.68. The Hall–Kier alpha value is -1.48. The minimum atomic E-state index is -4.86. The van der Waals surface area contributed by atoms with Crippen LogP contribution in [0.3, 0.4) is 0 Å². The third-order valence-electron chi connectivity index (χ3n) is 5.52.